The number of nitriles is 1. The van der Waals surface area contributed by atoms with Crippen LogP contribution in [0.4, 0.5) is 0 Å². The molecule has 3 heterocycles. The van der Waals surface area contributed by atoms with Gasteiger partial charge in [0.05, 0.1) is 11.5 Å². The fourth-order valence-electron chi connectivity index (χ4n) is 3.16. The first-order valence-electron chi connectivity index (χ1n) is 8.15. The molecule has 2 aromatic heterocycles. The van der Waals surface area contributed by atoms with Gasteiger partial charge >= 0.3 is 0 Å². The normalized spacial score (nSPS) is 16.4. The van der Waals surface area contributed by atoms with Crippen molar-refractivity contribution in [1.82, 2.24) is 9.55 Å². The van der Waals surface area contributed by atoms with Crippen molar-refractivity contribution < 1.29 is 4.74 Å². The first kappa shape index (κ1) is 16.8. The fourth-order valence-corrected chi connectivity index (χ4v) is 3.16. The molecule has 0 aliphatic carbocycles. The van der Waals surface area contributed by atoms with E-state index in [-0.39, 0.29) is 17.0 Å². The molecule has 1 atom stereocenters. The highest BCUT2D eigenvalue weighted by atomic mass is 16.5. The molecule has 128 valence electrons. The van der Waals surface area contributed by atoms with E-state index in [9.17, 15) is 10.1 Å². The maximum atomic E-state index is 13.2. The summed E-state index contributed by atoms with van der Waals surface area (Å²) in [5.41, 5.74) is 8.01. The summed E-state index contributed by atoms with van der Waals surface area (Å²) in [6, 6.07) is 7.52. The van der Waals surface area contributed by atoms with Crippen LogP contribution in [0.2, 0.25) is 0 Å². The van der Waals surface area contributed by atoms with Gasteiger partial charge in [0.2, 0.25) is 5.88 Å². The van der Waals surface area contributed by atoms with E-state index in [2.05, 4.69) is 24.9 Å². The van der Waals surface area contributed by atoms with Crippen LogP contribution in [0.15, 0.2) is 46.8 Å². The molecule has 2 N–H and O–H groups in total. The lowest BCUT2D eigenvalue weighted by Gasteiger charge is -2.27. The Kier molecular flexibility index (Phi) is 4.32. The zero-order chi connectivity index (χ0) is 18.1. The van der Waals surface area contributed by atoms with Crippen molar-refractivity contribution in [2.45, 2.75) is 33.2 Å². The molecule has 1 aliphatic rings. The van der Waals surface area contributed by atoms with Crippen molar-refractivity contribution >= 4 is 0 Å². The van der Waals surface area contributed by atoms with Gasteiger partial charge in [-0.15, -0.1) is 0 Å². The van der Waals surface area contributed by atoms with Crippen molar-refractivity contribution in [3.63, 3.8) is 0 Å². The molecule has 0 saturated carbocycles. The molecule has 0 aromatic carbocycles. The topological polar surface area (TPSA) is 93.9 Å². The average Bonchev–Trinajstić information content (AvgIpc) is 2.58. The molecule has 0 amide bonds. The minimum Gasteiger partial charge on any atom is -0.440 e. The third-order valence-electron chi connectivity index (χ3n) is 4.26. The van der Waals surface area contributed by atoms with E-state index in [1.165, 1.54) is 0 Å². The molecule has 0 fully saturated rings. The summed E-state index contributed by atoms with van der Waals surface area (Å²) < 4.78 is 7.34. The van der Waals surface area contributed by atoms with Crippen molar-refractivity contribution in [1.29, 1.82) is 5.26 Å². The van der Waals surface area contributed by atoms with Gasteiger partial charge in [-0.2, -0.15) is 5.26 Å². The maximum Gasteiger partial charge on any atom is 0.258 e. The summed E-state index contributed by atoms with van der Waals surface area (Å²) in [4.78, 5) is 17.3. The lowest BCUT2D eigenvalue weighted by atomic mass is 9.84. The van der Waals surface area contributed by atoms with Gasteiger partial charge in [-0.25, -0.2) is 0 Å². The molecule has 0 unspecified atom stereocenters. The fraction of sp³-hybridized carbons (Fsp3) is 0.316. The number of aryl methyl sites for hydroxylation is 1. The maximum absolute atomic E-state index is 13.2. The number of hydrogen-bond acceptors (Lipinski definition) is 5. The first-order valence-corrected chi connectivity index (χ1v) is 8.15. The molecule has 3 rings (SSSR count). The molecule has 0 radical (unpaired) electrons. The van der Waals surface area contributed by atoms with E-state index >= 15 is 0 Å². The number of ether oxygens (including phenoxy) is 1. The Balaban J connectivity index is 2.30. The van der Waals surface area contributed by atoms with Gasteiger partial charge in [0.1, 0.15) is 17.4 Å². The number of hydrogen-bond donors (Lipinski definition) is 1. The van der Waals surface area contributed by atoms with E-state index in [1.54, 1.807) is 23.0 Å². The second-order valence-electron chi connectivity index (χ2n) is 6.58. The van der Waals surface area contributed by atoms with Crippen LogP contribution < -0.4 is 16.0 Å². The largest absolute Gasteiger partial charge is 0.440 e. The van der Waals surface area contributed by atoms with Crippen molar-refractivity contribution in [3.05, 3.63) is 69.2 Å². The van der Waals surface area contributed by atoms with Gasteiger partial charge in [-0.05, 0) is 24.5 Å². The Hall–Kier alpha value is -3.07. The second-order valence-corrected chi connectivity index (χ2v) is 6.58. The lowest BCUT2D eigenvalue weighted by molar-refractivity contribution is 0.386. The van der Waals surface area contributed by atoms with Crippen LogP contribution >= 0.6 is 0 Å². The van der Waals surface area contributed by atoms with Crippen LogP contribution in [0.3, 0.4) is 0 Å². The Bertz CT molecular complexity index is 936. The summed E-state index contributed by atoms with van der Waals surface area (Å²) in [5, 5.41) is 9.58. The number of fused-ring (bicyclic) bond motifs is 1. The number of pyridine rings is 2. The lowest BCUT2D eigenvalue weighted by Crippen LogP contribution is -2.33. The van der Waals surface area contributed by atoms with E-state index in [1.807, 2.05) is 19.1 Å². The number of allylic oxidation sites excluding steroid dienone is 1. The van der Waals surface area contributed by atoms with Crippen LogP contribution in [-0.4, -0.2) is 9.55 Å². The third kappa shape index (κ3) is 2.89. The molecule has 0 bridgehead atoms. The number of nitrogens with zero attached hydrogens (tertiary/aromatic N) is 3. The Morgan fingerprint density at radius 2 is 2.24 bits per heavy atom. The van der Waals surface area contributed by atoms with E-state index in [0.717, 1.165) is 11.3 Å². The summed E-state index contributed by atoms with van der Waals surface area (Å²) in [5.74, 6) is 0.179. The molecule has 6 nitrogen and oxygen atoms in total. The SMILES string of the molecule is Cc1cc2c(c(=O)n1CC(C)C)[C@@H](c1cccnc1)C(C#N)=C(N)O2. The van der Waals surface area contributed by atoms with Gasteiger partial charge in [0.25, 0.3) is 5.56 Å². The van der Waals surface area contributed by atoms with Gasteiger partial charge in [-0.1, -0.05) is 19.9 Å². The second kappa shape index (κ2) is 6.44. The molecular weight excluding hydrogens is 316 g/mol. The quantitative estimate of drug-likeness (QED) is 0.929. The van der Waals surface area contributed by atoms with Gasteiger partial charge < -0.3 is 15.0 Å². The predicted molar refractivity (Wildman–Crippen MR) is 93.8 cm³/mol. The zero-order valence-electron chi connectivity index (χ0n) is 14.5. The summed E-state index contributed by atoms with van der Waals surface area (Å²) in [7, 11) is 0. The summed E-state index contributed by atoms with van der Waals surface area (Å²) >= 11 is 0. The monoisotopic (exact) mass is 336 g/mol. The minimum atomic E-state index is -0.575. The molecule has 2 aromatic rings. The van der Waals surface area contributed by atoms with Crippen molar-refractivity contribution in [2.75, 3.05) is 0 Å². The first-order chi connectivity index (χ1) is 11.9. The summed E-state index contributed by atoms with van der Waals surface area (Å²) in [6.07, 6.45) is 3.30. The standard InChI is InChI=1S/C19H20N4O2/c1-11(2)10-23-12(3)7-15-17(19(23)24)16(13-5-4-6-22-9-13)14(8-20)18(21)25-15/h4-7,9,11,16H,10,21H2,1-3H3/t16-/m0/s1. The zero-order valence-corrected chi connectivity index (χ0v) is 14.5. The molecule has 6 heteroatoms. The van der Waals surface area contributed by atoms with Gasteiger partial charge in [0.15, 0.2) is 0 Å². The molecule has 0 spiro atoms. The predicted octanol–water partition coefficient (Wildman–Crippen LogP) is 2.43. The smallest absolute Gasteiger partial charge is 0.258 e. The Morgan fingerprint density at radius 1 is 1.48 bits per heavy atom. The van der Waals surface area contributed by atoms with Crippen molar-refractivity contribution in [2.24, 2.45) is 11.7 Å². The third-order valence-corrected chi connectivity index (χ3v) is 4.26. The van der Waals surface area contributed by atoms with E-state index in [0.29, 0.717) is 23.8 Å². The van der Waals surface area contributed by atoms with Gasteiger partial charge in [-0.3, -0.25) is 9.78 Å². The molecular formula is C19H20N4O2. The average molecular weight is 336 g/mol. The Morgan fingerprint density at radius 3 is 2.84 bits per heavy atom. The van der Waals surface area contributed by atoms with E-state index in [4.69, 9.17) is 10.5 Å². The van der Waals surface area contributed by atoms with Crippen LogP contribution in [-0.2, 0) is 6.54 Å². The highest BCUT2D eigenvalue weighted by molar-refractivity contribution is 5.54. The molecule has 0 saturated heterocycles. The van der Waals surface area contributed by atoms with Crippen LogP contribution in [0.5, 0.6) is 5.75 Å². The number of nitrogens with two attached hydrogens (primary N) is 1. The highest BCUT2D eigenvalue weighted by Gasteiger charge is 2.34. The van der Waals surface area contributed by atoms with E-state index < -0.39 is 5.92 Å². The number of rotatable bonds is 3. The van der Waals surface area contributed by atoms with Crippen LogP contribution in [0.1, 0.15) is 36.6 Å². The van der Waals surface area contributed by atoms with Gasteiger partial charge in [0, 0.05) is 30.7 Å². The minimum absolute atomic E-state index is 0.0317. The van der Waals surface area contributed by atoms with Crippen LogP contribution in [0.25, 0.3) is 0 Å². The molecule has 25 heavy (non-hydrogen) atoms. The van der Waals surface area contributed by atoms with Crippen LogP contribution in [0, 0.1) is 24.2 Å². The Labute approximate surface area is 146 Å². The molecule has 1 aliphatic heterocycles. The summed E-state index contributed by atoms with van der Waals surface area (Å²) in [6.45, 7) is 6.57. The highest BCUT2D eigenvalue weighted by Crippen LogP contribution is 2.40. The number of aromatic nitrogens is 2. The van der Waals surface area contributed by atoms with Crippen molar-refractivity contribution in [3.8, 4) is 11.8 Å².